The molecule has 0 radical (unpaired) electrons. The minimum absolute atomic E-state index is 0.00919. The standard InChI is InChI=1S/C15H18N2OS.C9H11N3.C9H17NO/c1-10(2)12(18)8-9-17-15-14(16-3)11-6-4-5-7-13(11)19-15;1-7(2)8-3-5-12-6-4-10-9(12)11-8;1-8(2)9(11)6-5-7-10(3)4/h8-10,17H,4-7H2,1-2H3;3-7H,1-2H3;5-6,8H,7H2,1-4H3/b9-8+;;6-5+. The number of ketones is 2. The van der Waals surface area contributed by atoms with Crippen LogP contribution in [0, 0.1) is 18.4 Å². The van der Waals surface area contributed by atoms with Crippen molar-refractivity contribution in [3.8, 4) is 0 Å². The van der Waals surface area contributed by atoms with Crippen molar-refractivity contribution in [3.63, 3.8) is 0 Å². The van der Waals surface area contributed by atoms with Crippen LogP contribution < -0.4 is 5.32 Å². The molecule has 0 atom stereocenters. The van der Waals surface area contributed by atoms with Gasteiger partial charge in [0, 0.05) is 48.9 Å². The Labute approximate surface area is 255 Å². The number of aryl methyl sites for hydroxylation is 1. The molecule has 226 valence electrons. The van der Waals surface area contributed by atoms with Gasteiger partial charge >= 0.3 is 0 Å². The Morgan fingerprint density at radius 2 is 1.74 bits per heavy atom. The predicted octanol–water partition coefficient (Wildman–Crippen LogP) is 7.51. The molecule has 3 heterocycles. The van der Waals surface area contributed by atoms with Crippen LogP contribution in [-0.4, -0.2) is 51.5 Å². The molecule has 1 N–H and O–H groups in total. The monoisotopic (exact) mass is 590 g/mol. The molecule has 0 unspecified atom stereocenters. The Hall–Kier alpha value is -3.61. The van der Waals surface area contributed by atoms with Gasteiger partial charge in [-0.25, -0.2) is 14.8 Å². The van der Waals surface area contributed by atoms with Crippen LogP contribution in [0.3, 0.4) is 0 Å². The first-order valence-corrected chi connectivity index (χ1v) is 15.4. The van der Waals surface area contributed by atoms with Crippen molar-refractivity contribution >= 4 is 39.4 Å². The number of rotatable bonds is 9. The summed E-state index contributed by atoms with van der Waals surface area (Å²) in [6, 6.07) is 2.03. The Balaban J connectivity index is 0.000000233. The van der Waals surface area contributed by atoms with E-state index < -0.39 is 0 Å². The average Bonchev–Trinajstić information content (AvgIpc) is 3.56. The number of hydrogen-bond donors (Lipinski definition) is 1. The van der Waals surface area contributed by atoms with E-state index in [1.165, 1.54) is 23.3 Å². The fraction of sp³-hybridized carbons (Fsp3) is 0.485. The summed E-state index contributed by atoms with van der Waals surface area (Å²) >= 11 is 1.66. The summed E-state index contributed by atoms with van der Waals surface area (Å²) in [7, 11) is 3.95. The summed E-state index contributed by atoms with van der Waals surface area (Å²) in [4.78, 5) is 38.0. The maximum absolute atomic E-state index is 11.5. The Morgan fingerprint density at radius 3 is 2.36 bits per heavy atom. The molecule has 1 aliphatic carbocycles. The number of imidazole rings is 1. The molecular weight excluding hydrogens is 544 g/mol. The number of nitrogens with zero attached hydrogens (tertiary/aromatic N) is 5. The fourth-order valence-corrected chi connectivity index (χ4v) is 5.08. The molecular formula is C33H46N6O2S. The van der Waals surface area contributed by atoms with E-state index >= 15 is 0 Å². The van der Waals surface area contributed by atoms with Gasteiger partial charge in [-0.3, -0.25) is 14.0 Å². The van der Waals surface area contributed by atoms with Crippen molar-refractivity contribution < 1.29 is 9.59 Å². The summed E-state index contributed by atoms with van der Waals surface area (Å²) < 4.78 is 1.91. The third-order valence-corrected chi connectivity index (χ3v) is 7.69. The highest BCUT2D eigenvalue weighted by Gasteiger charge is 2.20. The minimum Gasteiger partial charge on any atom is -0.362 e. The van der Waals surface area contributed by atoms with Gasteiger partial charge in [-0.05, 0) is 67.9 Å². The molecule has 0 saturated carbocycles. The fourth-order valence-electron chi connectivity index (χ4n) is 3.87. The van der Waals surface area contributed by atoms with Crippen LogP contribution in [0.1, 0.15) is 76.4 Å². The van der Waals surface area contributed by atoms with Crippen molar-refractivity contribution in [3.05, 3.63) is 76.6 Å². The van der Waals surface area contributed by atoms with Crippen LogP contribution >= 0.6 is 11.3 Å². The largest absolute Gasteiger partial charge is 0.362 e. The SMILES string of the molecule is CC(C)C(=O)/C=C/CN(C)C.CC(C)c1ccn2ccnc2n1.[C-]#[N+]c1c(N/C=C/C(=O)C(C)C)sc2c1CCCC2. The van der Waals surface area contributed by atoms with Gasteiger partial charge in [-0.2, -0.15) is 0 Å². The Bertz CT molecular complexity index is 1410. The molecule has 0 amide bonds. The zero-order chi connectivity index (χ0) is 31.2. The van der Waals surface area contributed by atoms with Gasteiger partial charge in [0.25, 0.3) is 0 Å². The van der Waals surface area contributed by atoms with E-state index in [0.717, 1.165) is 41.5 Å². The number of aromatic nitrogens is 3. The number of carbonyl (C=O) groups excluding carboxylic acids is 2. The Morgan fingerprint density at radius 1 is 1.07 bits per heavy atom. The summed E-state index contributed by atoms with van der Waals surface area (Å²) in [6.07, 6.45) is 16.9. The van der Waals surface area contributed by atoms with E-state index in [4.69, 9.17) is 6.57 Å². The van der Waals surface area contributed by atoms with Crippen molar-refractivity contribution in [2.75, 3.05) is 26.0 Å². The van der Waals surface area contributed by atoms with Crippen LogP contribution in [-0.2, 0) is 22.4 Å². The van der Waals surface area contributed by atoms with E-state index in [-0.39, 0.29) is 23.4 Å². The molecule has 0 spiro atoms. The molecule has 42 heavy (non-hydrogen) atoms. The molecule has 0 fully saturated rings. The van der Waals surface area contributed by atoms with E-state index in [1.54, 1.807) is 35.9 Å². The first-order valence-electron chi connectivity index (χ1n) is 14.6. The van der Waals surface area contributed by atoms with E-state index in [9.17, 15) is 9.59 Å². The molecule has 0 bridgehead atoms. The lowest BCUT2D eigenvalue weighted by atomic mass is 9.98. The topological polar surface area (TPSA) is 84.0 Å². The van der Waals surface area contributed by atoms with Gasteiger partial charge in [-0.15, -0.1) is 11.3 Å². The molecule has 3 aromatic rings. The van der Waals surface area contributed by atoms with Gasteiger partial charge in [-0.1, -0.05) is 54.0 Å². The minimum atomic E-state index is 0.00919. The number of hydrogen-bond acceptors (Lipinski definition) is 7. The molecule has 0 aromatic carbocycles. The van der Waals surface area contributed by atoms with Crippen molar-refractivity contribution in [1.82, 2.24) is 19.3 Å². The summed E-state index contributed by atoms with van der Waals surface area (Å²) in [5, 5.41) is 3.99. The number of carbonyl (C=O) groups is 2. The van der Waals surface area contributed by atoms with E-state index in [2.05, 4.69) is 34.0 Å². The van der Waals surface area contributed by atoms with Crippen LogP contribution in [0.2, 0.25) is 0 Å². The van der Waals surface area contributed by atoms with E-state index in [1.807, 2.05) is 75.6 Å². The molecule has 0 aliphatic heterocycles. The number of nitrogens with one attached hydrogen (secondary N) is 1. The van der Waals surface area contributed by atoms with Gasteiger partial charge in [0.05, 0.1) is 11.6 Å². The van der Waals surface area contributed by atoms with Gasteiger partial charge in [0.1, 0.15) is 0 Å². The van der Waals surface area contributed by atoms with Gasteiger partial charge in [0.15, 0.2) is 11.6 Å². The predicted molar refractivity (Wildman–Crippen MR) is 174 cm³/mol. The number of allylic oxidation sites excluding steroid dienone is 2. The first kappa shape index (κ1) is 34.6. The smallest absolute Gasteiger partial charge is 0.233 e. The normalized spacial score (nSPS) is 12.8. The maximum Gasteiger partial charge on any atom is 0.233 e. The number of fused-ring (bicyclic) bond motifs is 2. The second-order valence-corrected chi connectivity index (χ2v) is 12.5. The Kier molecular flexibility index (Phi) is 14.3. The highest BCUT2D eigenvalue weighted by atomic mass is 32.1. The van der Waals surface area contributed by atoms with Crippen LogP contribution in [0.5, 0.6) is 0 Å². The van der Waals surface area contributed by atoms with Gasteiger partial charge in [0.2, 0.25) is 11.5 Å². The zero-order valence-corrected chi connectivity index (χ0v) is 27.2. The van der Waals surface area contributed by atoms with Crippen molar-refractivity contribution in [2.24, 2.45) is 11.8 Å². The number of thiophene rings is 1. The van der Waals surface area contributed by atoms with Gasteiger partial charge < -0.3 is 10.2 Å². The second kappa shape index (κ2) is 17.4. The number of likely N-dealkylation sites (N-methyl/N-ethyl adjacent to an activating group) is 1. The zero-order valence-electron chi connectivity index (χ0n) is 26.3. The molecule has 9 heteroatoms. The van der Waals surface area contributed by atoms with Crippen molar-refractivity contribution in [1.29, 1.82) is 0 Å². The summed E-state index contributed by atoms with van der Waals surface area (Å²) in [5.41, 5.74) is 3.06. The van der Waals surface area contributed by atoms with E-state index in [0.29, 0.717) is 5.92 Å². The number of anilines is 1. The lowest BCUT2D eigenvalue weighted by Gasteiger charge is -2.09. The molecule has 8 nitrogen and oxygen atoms in total. The lowest BCUT2D eigenvalue weighted by molar-refractivity contribution is -0.118. The first-order chi connectivity index (χ1) is 19.9. The average molecular weight is 591 g/mol. The third-order valence-electron chi connectivity index (χ3n) is 6.48. The molecule has 3 aromatic heterocycles. The quantitative estimate of drug-likeness (QED) is 0.205. The summed E-state index contributed by atoms with van der Waals surface area (Å²) in [6.45, 7) is 20.0. The summed E-state index contributed by atoms with van der Waals surface area (Å²) in [5.74, 6) is 1.67. The van der Waals surface area contributed by atoms with Crippen LogP contribution in [0.15, 0.2) is 49.1 Å². The van der Waals surface area contributed by atoms with Crippen LogP contribution in [0.4, 0.5) is 10.7 Å². The maximum atomic E-state index is 11.5. The van der Waals surface area contributed by atoms with Crippen LogP contribution in [0.25, 0.3) is 10.6 Å². The second-order valence-electron chi connectivity index (χ2n) is 11.4. The highest BCUT2D eigenvalue weighted by Crippen LogP contribution is 2.43. The third kappa shape index (κ3) is 11.0. The molecule has 0 saturated heterocycles. The highest BCUT2D eigenvalue weighted by molar-refractivity contribution is 7.17. The molecule has 4 rings (SSSR count). The van der Waals surface area contributed by atoms with Crippen molar-refractivity contribution in [2.45, 2.75) is 73.1 Å². The molecule has 1 aliphatic rings. The lowest BCUT2D eigenvalue weighted by Crippen LogP contribution is -2.11.